The molecule has 7 nitrogen and oxygen atoms in total. The molecule has 2 aromatic heterocycles. The van der Waals surface area contributed by atoms with Crippen molar-refractivity contribution in [2.75, 3.05) is 27.4 Å². The summed E-state index contributed by atoms with van der Waals surface area (Å²) in [5, 5.41) is 1.83. The van der Waals surface area contributed by atoms with Gasteiger partial charge in [-0.25, -0.2) is 4.79 Å². The van der Waals surface area contributed by atoms with Gasteiger partial charge in [0, 0.05) is 38.6 Å². The van der Waals surface area contributed by atoms with Crippen LogP contribution in [0.25, 0.3) is 0 Å². The molecule has 158 valence electrons. The third-order valence-corrected chi connectivity index (χ3v) is 6.00. The monoisotopic (exact) mass is 420 g/mol. The Bertz CT molecular complexity index is 886. The highest BCUT2D eigenvalue weighted by molar-refractivity contribution is 7.12. The van der Waals surface area contributed by atoms with Crippen molar-refractivity contribution in [2.45, 2.75) is 33.2 Å². The SMILES string of the molecule is COCCCN(C(=O)c1cccs1)C(C)C(=O)c1c(C)c(C(=O)OC)n(C)c1C. The minimum atomic E-state index is -0.688. The molecule has 0 saturated heterocycles. The maximum Gasteiger partial charge on any atom is 0.354 e. The van der Waals surface area contributed by atoms with Crippen LogP contribution in [0.15, 0.2) is 17.5 Å². The van der Waals surface area contributed by atoms with Gasteiger partial charge in [-0.1, -0.05) is 6.07 Å². The van der Waals surface area contributed by atoms with E-state index in [1.54, 1.807) is 50.5 Å². The van der Waals surface area contributed by atoms with Crippen molar-refractivity contribution >= 4 is 29.0 Å². The van der Waals surface area contributed by atoms with E-state index >= 15 is 0 Å². The van der Waals surface area contributed by atoms with Gasteiger partial charge in [0.05, 0.1) is 18.0 Å². The van der Waals surface area contributed by atoms with Gasteiger partial charge in [0.2, 0.25) is 0 Å². The number of ketones is 1. The number of carbonyl (C=O) groups excluding carboxylic acids is 3. The third kappa shape index (κ3) is 4.59. The Morgan fingerprint density at radius 1 is 1.24 bits per heavy atom. The Labute approximate surface area is 175 Å². The first kappa shape index (κ1) is 22.8. The van der Waals surface area contributed by atoms with E-state index in [-0.39, 0.29) is 11.7 Å². The van der Waals surface area contributed by atoms with Crippen molar-refractivity contribution in [1.82, 2.24) is 9.47 Å². The zero-order valence-electron chi connectivity index (χ0n) is 17.8. The first-order valence-electron chi connectivity index (χ1n) is 9.38. The van der Waals surface area contributed by atoms with Crippen LogP contribution in [0.4, 0.5) is 0 Å². The van der Waals surface area contributed by atoms with Gasteiger partial charge < -0.3 is 18.9 Å². The summed E-state index contributed by atoms with van der Waals surface area (Å²) < 4.78 is 11.6. The average Bonchev–Trinajstić information content (AvgIpc) is 3.31. The molecule has 0 saturated carbocycles. The van der Waals surface area contributed by atoms with Crippen molar-refractivity contribution in [3.05, 3.63) is 44.9 Å². The van der Waals surface area contributed by atoms with Crippen molar-refractivity contribution in [3.8, 4) is 0 Å². The summed E-state index contributed by atoms with van der Waals surface area (Å²) in [5.74, 6) is -0.879. The molecule has 1 amide bonds. The van der Waals surface area contributed by atoms with E-state index in [0.29, 0.717) is 47.0 Å². The van der Waals surface area contributed by atoms with E-state index in [1.807, 2.05) is 11.4 Å². The fraction of sp³-hybridized carbons (Fsp3) is 0.476. The lowest BCUT2D eigenvalue weighted by Gasteiger charge is -2.28. The molecule has 0 bridgehead atoms. The largest absolute Gasteiger partial charge is 0.464 e. The zero-order valence-corrected chi connectivity index (χ0v) is 18.6. The normalized spacial score (nSPS) is 11.9. The molecule has 2 aromatic rings. The van der Waals surface area contributed by atoms with E-state index in [1.165, 1.54) is 18.4 Å². The lowest BCUT2D eigenvalue weighted by molar-refractivity contribution is 0.0587. The second-order valence-corrected chi connectivity index (χ2v) is 7.79. The number of nitrogens with zero attached hydrogens (tertiary/aromatic N) is 2. The van der Waals surface area contributed by atoms with E-state index in [2.05, 4.69) is 0 Å². The predicted molar refractivity (Wildman–Crippen MR) is 112 cm³/mol. The van der Waals surface area contributed by atoms with Crippen LogP contribution in [0.1, 0.15) is 55.1 Å². The van der Waals surface area contributed by atoms with Crippen molar-refractivity contribution in [3.63, 3.8) is 0 Å². The minimum Gasteiger partial charge on any atom is -0.464 e. The maximum atomic E-state index is 13.4. The Morgan fingerprint density at radius 2 is 1.93 bits per heavy atom. The number of hydrogen-bond donors (Lipinski definition) is 0. The first-order valence-corrected chi connectivity index (χ1v) is 10.3. The average molecular weight is 421 g/mol. The molecule has 8 heteroatoms. The smallest absolute Gasteiger partial charge is 0.354 e. The van der Waals surface area contributed by atoms with Crippen LogP contribution in [-0.2, 0) is 16.5 Å². The number of thiophene rings is 1. The lowest BCUT2D eigenvalue weighted by atomic mass is 9.99. The summed E-state index contributed by atoms with van der Waals surface area (Å²) in [6.45, 7) is 6.13. The van der Waals surface area contributed by atoms with Gasteiger partial charge in [-0.05, 0) is 44.2 Å². The predicted octanol–water partition coefficient (Wildman–Crippen LogP) is 3.24. The lowest BCUT2D eigenvalue weighted by Crippen LogP contribution is -2.44. The molecule has 0 aliphatic heterocycles. The van der Waals surface area contributed by atoms with Gasteiger partial charge in [0.25, 0.3) is 5.91 Å². The van der Waals surface area contributed by atoms with Crippen LogP contribution in [0.2, 0.25) is 0 Å². The van der Waals surface area contributed by atoms with Crippen LogP contribution in [0.5, 0.6) is 0 Å². The van der Waals surface area contributed by atoms with Crippen molar-refractivity contribution < 1.29 is 23.9 Å². The summed E-state index contributed by atoms with van der Waals surface area (Å²) in [6.07, 6.45) is 0.616. The fourth-order valence-corrected chi connectivity index (χ4v) is 4.15. The number of ether oxygens (including phenoxy) is 2. The molecule has 0 aliphatic rings. The van der Waals surface area contributed by atoms with Crippen LogP contribution < -0.4 is 0 Å². The molecule has 0 fully saturated rings. The number of carbonyl (C=O) groups is 3. The standard InChI is InChI=1S/C21H28N2O5S/c1-13-17(14(2)22(4)18(13)21(26)28-6)19(24)15(3)23(10-8-11-27-5)20(25)16-9-7-12-29-16/h7,9,12,15H,8,10-11H2,1-6H3. The maximum absolute atomic E-state index is 13.4. The van der Waals surface area contributed by atoms with Gasteiger partial charge in [0.15, 0.2) is 5.78 Å². The van der Waals surface area contributed by atoms with Crippen molar-refractivity contribution in [2.24, 2.45) is 7.05 Å². The van der Waals surface area contributed by atoms with Crippen LogP contribution >= 0.6 is 11.3 Å². The molecular weight excluding hydrogens is 392 g/mol. The Morgan fingerprint density at radius 3 is 2.48 bits per heavy atom. The van der Waals surface area contributed by atoms with Crippen LogP contribution in [0, 0.1) is 13.8 Å². The zero-order chi connectivity index (χ0) is 21.7. The summed E-state index contributed by atoms with van der Waals surface area (Å²) in [4.78, 5) is 40.8. The van der Waals surface area contributed by atoms with Crippen LogP contribution in [0.3, 0.4) is 0 Å². The molecule has 29 heavy (non-hydrogen) atoms. The van der Waals surface area contributed by atoms with E-state index < -0.39 is 12.0 Å². The van der Waals surface area contributed by atoms with Gasteiger partial charge in [-0.2, -0.15) is 0 Å². The molecule has 0 N–H and O–H groups in total. The van der Waals surface area contributed by atoms with E-state index in [9.17, 15) is 14.4 Å². The molecule has 1 unspecified atom stereocenters. The van der Waals surface area contributed by atoms with E-state index in [0.717, 1.165) is 0 Å². The molecule has 0 aromatic carbocycles. The first-order chi connectivity index (χ1) is 13.8. The van der Waals surface area contributed by atoms with Gasteiger partial charge >= 0.3 is 5.97 Å². The van der Waals surface area contributed by atoms with Crippen LogP contribution in [-0.4, -0.2) is 60.5 Å². The highest BCUT2D eigenvalue weighted by Crippen LogP contribution is 2.25. The number of methoxy groups -OCH3 is 2. The summed E-state index contributed by atoms with van der Waals surface area (Å²) in [7, 11) is 4.64. The molecular formula is C21H28N2O5S. The van der Waals surface area contributed by atoms with Gasteiger partial charge in [0.1, 0.15) is 5.69 Å². The van der Waals surface area contributed by atoms with E-state index in [4.69, 9.17) is 9.47 Å². The highest BCUT2D eigenvalue weighted by Gasteiger charge is 2.32. The summed E-state index contributed by atoms with van der Waals surface area (Å²) in [6, 6.07) is 2.88. The number of aromatic nitrogens is 1. The number of hydrogen-bond acceptors (Lipinski definition) is 6. The third-order valence-electron chi connectivity index (χ3n) is 5.14. The number of Topliss-reactive ketones (excluding diaryl/α,β-unsaturated/α-hetero) is 1. The second-order valence-electron chi connectivity index (χ2n) is 6.85. The summed E-state index contributed by atoms with van der Waals surface area (Å²) in [5.41, 5.74) is 2.03. The molecule has 0 aliphatic carbocycles. The molecule has 0 radical (unpaired) electrons. The Kier molecular flexibility index (Phi) is 7.75. The van der Waals surface area contributed by atoms with Gasteiger partial charge in [-0.15, -0.1) is 11.3 Å². The van der Waals surface area contributed by atoms with Gasteiger partial charge in [-0.3, -0.25) is 9.59 Å². The number of rotatable bonds is 9. The quantitative estimate of drug-likeness (QED) is 0.354. The van der Waals surface area contributed by atoms with Crippen molar-refractivity contribution in [1.29, 1.82) is 0 Å². The number of amides is 1. The second kappa shape index (κ2) is 9.84. The highest BCUT2D eigenvalue weighted by atomic mass is 32.1. The fourth-order valence-electron chi connectivity index (χ4n) is 3.47. The summed E-state index contributed by atoms with van der Waals surface area (Å²) >= 11 is 1.34. The molecule has 1 atom stereocenters. The molecule has 2 heterocycles. The Hall–Kier alpha value is -2.45. The molecule has 0 spiro atoms. The molecule has 2 rings (SSSR count). The topological polar surface area (TPSA) is 77.8 Å². The minimum absolute atomic E-state index is 0.184. The Balaban J connectivity index is 2.40. The number of esters is 1.